The molecule has 0 spiro atoms. The molecule has 0 fully saturated rings. The third-order valence-electron chi connectivity index (χ3n) is 3.85. The number of pyridine rings is 1. The number of aromatic nitrogens is 1. The molecule has 1 unspecified atom stereocenters. The number of benzene rings is 1. The molecule has 28 heavy (non-hydrogen) atoms. The summed E-state index contributed by atoms with van der Waals surface area (Å²) >= 11 is 0. The van der Waals surface area contributed by atoms with Crippen LogP contribution in [-0.2, 0) is 14.6 Å². The van der Waals surface area contributed by atoms with Gasteiger partial charge in [-0.25, -0.2) is 26.6 Å². The summed E-state index contributed by atoms with van der Waals surface area (Å²) in [6.07, 6.45) is 0.324. The highest BCUT2D eigenvalue weighted by Crippen LogP contribution is 2.29. The molecule has 1 aromatic carbocycles. The van der Waals surface area contributed by atoms with Crippen molar-refractivity contribution in [3.8, 4) is 5.75 Å². The van der Waals surface area contributed by atoms with E-state index in [1.807, 2.05) is 0 Å². The molecule has 0 N–H and O–H groups in total. The Kier molecular flexibility index (Phi) is 6.37. The van der Waals surface area contributed by atoms with Gasteiger partial charge in [-0.05, 0) is 38.0 Å². The molecule has 1 aromatic heterocycles. The zero-order valence-electron chi connectivity index (χ0n) is 14.6. The Labute approximate surface area is 157 Å². The van der Waals surface area contributed by atoms with Crippen molar-refractivity contribution < 1.29 is 39.9 Å². The monoisotopic (exact) mass is 423 g/mol. The molecule has 1 heterocycles. The standard InChI is InChI=1S/C17H14F5NO4S/c1-8-5-6-23-10(7-8)28(25,26)9(2)3-4-11(24)27-17-15(21)13(19)12(18)14(20)16(17)22/h5-7,9H,3-4H2,1-2H3. The lowest BCUT2D eigenvalue weighted by Crippen LogP contribution is -2.22. The minimum Gasteiger partial charge on any atom is -0.420 e. The highest BCUT2D eigenvalue weighted by molar-refractivity contribution is 7.92. The molecule has 2 rings (SSSR count). The Morgan fingerprint density at radius 1 is 1.07 bits per heavy atom. The molecule has 11 heteroatoms. The van der Waals surface area contributed by atoms with Crippen LogP contribution in [0.25, 0.3) is 0 Å². The first-order chi connectivity index (χ1) is 13.0. The second kappa shape index (κ2) is 8.21. The second-order valence-corrected chi connectivity index (χ2v) is 8.25. The number of hydrogen-bond acceptors (Lipinski definition) is 5. The molecular weight excluding hydrogens is 409 g/mol. The predicted octanol–water partition coefficient (Wildman–Crippen LogP) is 3.63. The van der Waals surface area contributed by atoms with E-state index in [1.54, 1.807) is 13.0 Å². The number of esters is 1. The van der Waals surface area contributed by atoms with E-state index >= 15 is 0 Å². The van der Waals surface area contributed by atoms with Gasteiger partial charge in [0.2, 0.25) is 34.8 Å². The Morgan fingerprint density at radius 2 is 1.61 bits per heavy atom. The SMILES string of the molecule is Cc1ccnc(S(=O)(=O)C(C)CCC(=O)Oc2c(F)c(F)c(F)c(F)c2F)c1. The van der Waals surface area contributed by atoms with Gasteiger partial charge in [0.15, 0.2) is 14.9 Å². The van der Waals surface area contributed by atoms with Crippen molar-refractivity contribution in [1.82, 2.24) is 4.98 Å². The Bertz CT molecular complexity index is 997. The van der Waals surface area contributed by atoms with Crippen LogP contribution >= 0.6 is 0 Å². The van der Waals surface area contributed by atoms with Gasteiger partial charge in [0.25, 0.3) is 0 Å². The molecule has 0 aliphatic rings. The van der Waals surface area contributed by atoms with Gasteiger partial charge in [0, 0.05) is 12.6 Å². The van der Waals surface area contributed by atoms with Crippen molar-refractivity contribution in [1.29, 1.82) is 0 Å². The summed E-state index contributed by atoms with van der Waals surface area (Å²) in [6.45, 7) is 2.94. The molecule has 0 radical (unpaired) electrons. The maximum absolute atomic E-state index is 13.5. The van der Waals surface area contributed by atoms with Crippen molar-refractivity contribution >= 4 is 15.8 Å². The smallest absolute Gasteiger partial charge is 0.311 e. The fraction of sp³-hybridized carbons (Fsp3) is 0.294. The van der Waals surface area contributed by atoms with Gasteiger partial charge in [0.05, 0.1) is 5.25 Å². The summed E-state index contributed by atoms with van der Waals surface area (Å²) in [7, 11) is -3.90. The molecule has 0 aliphatic heterocycles. The number of aryl methyl sites for hydroxylation is 1. The Morgan fingerprint density at radius 3 is 2.14 bits per heavy atom. The normalized spacial score (nSPS) is 12.7. The van der Waals surface area contributed by atoms with Gasteiger partial charge in [-0.1, -0.05) is 0 Å². The second-order valence-electron chi connectivity index (χ2n) is 5.94. The third kappa shape index (κ3) is 4.29. The fourth-order valence-corrected chi connectivity index (χ4v) is 3.58. The van der Waals surface area contributed by atoms with Crippen molar-refractivity contribution in [3.05, 3.63) is 53.0 Å². The van der Waals surface area contributed by atoms with E-state index in [1.165, 1.54) is 19.2 Å². The first-order valence-corrected chi connectivity index (χ1v) is 9.40. The van der Waals surface area contributed by atoms with Crippen LogP contribution in [0.1, 0.15) is 25.3 Å². The van der Waals surface area contributed by atoms with E-state index < -0.39 is 62.3 Å². The molecule has 0 saturated carbocycles. The van der Waals surface area contributed by atoms with Crippen LogP contribution in [0.15, 0.2) is 23.4 Å². The number of hydrogen-bond donors (Lipinski definition) is 0. The van der Waals surface area contributed by atoms with Gasteiger partial charge in [-0.2, -0.15) is 8.78 Å². The third-order valence-corrected chi connectivity index (χ3v) is 5.95. The maximum Gasteiger partial charge on any atom is 0.311 e. The highest BCUT2D eigenvalue weighted by atomic mass is 32.2. The fourth-order valence-electron chi connectivity index (χ4n) is 2.19. The maximum atomic E-state index is 13.5. The number of rotatable bonds is 6. The lowest BCUT2D eigenvalue weighted by atomic mass is 10.2. The van der Waals surface area contributed by atoms with Crippen molar-refractivity contribution in [2.24, 2.45) is 0 Å². The predicted molar refractivity (Wildman–Crippen MR) is 86.7 cm³/mol. The number of nitrogens with zero attached hydrogens (tertiary/aromatic N) is 1. The van der Waals surface area contributed by atoms with E-state index in [9.17, 15) is 35.2 Å². The van der Waals surface area contributed by atoms with Gasteiger partial charge >= 0.3 is 5.97 Å². The average molecular weight is 423 g/mol. The summed E-state index contributed by atoms with van der Waals surface area (Å²) < 4.78 is 95.3. The molecule has 0 amide bonds. The first kappa shape index (κ1) is 21.7. The summed E-state index contributed by atoms with van der Waals surface area (Å²) in [5.74, 6) is -14.6. The van der Waals surface area contributed by atoms with E-state index in [-0.39, 0.29) is 11.4 Å². The van der Waals surface area contributed by atoms with Gasteiger partial charge in [-0.15, -0.1) is 0 Å². The van der Waals surface area contributed by atoms with E-state index in [4.69, 9.17) is 0 Å². The summed E-state index contributed by atoms with van der Waals surface area (Å²) in [5, 5.41) is -1.33. The average Bonchev–Trinajstić information content (AvgIpc) is 2.66. The minimum atomic E-state index is -3.90. The van der Waals surface area contributed by atoms with Crippen LogP contribution < -0.4 is 4.74 Å². The van der Waals surface area contributed by atoms with Crippen LogP contribution in [0.5, 0.6) is 5.75 Å². The van der Waals surface area contributed by atoms with E-state index in [0.717, 1.165) is 0 Å². The summed E-state index contributed by atoms with van der Waals surface area (Å²) in [5.41, 5.74) is 0.645. The number of halogens is 5. The van der Waals surface area contributed by atoms with E-state index in [0.29, 0.717) is 5.56 Å². The first-order valence-electron chi connectivity index (χ1n) is 7.85. The molecule has 0 saturated heterocycles. The Hall–Kier alpha value is -2.56. The van der Waals surface area contributed by atoms with Crippen LogP contribution in [0.2, 0.25) is 0 Å². The van der Waals surface area contributed by atoms with Gasteiger partial charge in [0.1, 0.15) is 0 Å². The van der Waals surface area contributed by atoms with Gasteiger partial charge in [-0.3, -0.25) is 4.79 Å². The zero-order chi connectivity index (χ0) is 21.2. The molecule has 0 aliphatic carbocycles. The summed E-state index contributed by atoms with van der Waals surface area (Å²) in [4.78, 5) is 15.5. The van der Waals surface area contributed by atoms with Crippen molar-refractivity contribution in [2.45, 2.75) is 37.0 Å². The molecule has 0 bridgehead atoms. The molecule has 2 aromatic rings. The Balaban J connectivity index is 2.11. The largest absolute Gasteiger partial charge is 0.420 e. The van der Waals surface area contributed by atoms with Crippen molar-refractivity contribution in [3.63, 3.8) is 0 Å². The number of carbonyl (C=O) groups is 1. The number of sulfone groups is 1. The van der Waals surface area contributed by atoms with Crippen LogP contribution in [0, 0.1) is 36.0 Å². The quantitative estimate of drug-likeness (QED) is 0.233. The van der Waals surface area contributed by atoms with Crippen LogP contribution in [0.3, 0.4) is 0 Å². The number of carbonyl (C=O) groups excluding carboxylic acids is 1. The van der Waals surface area contributed by atoms with Crippen LogP contribution in [-0.4, -0.2) is 24.6 Å². The molecule has 5 nitrogen and oxygen atoms in total. The zero-order valence-corrected chi connectivity index (χ0v) is 15.4. The molecular formula is C17H14F5NO4S. The van der Waals surface area contributed by atoms with Crippen LogP contribution in [0.4, 0.5) is 22.0 Å². The van der Waals surface area contributed by atoms with Crippen molar-refractivity contribution in [2.75, 3.05) is 0 Å². The molecule has 1 atom stereocenters. The number of ether oxygens (including phenoxy) is 1. The minimum absolute atomic E-state index is 0.215. The lowest BCUT2D eigenvalue weighted by Gasteiger charge is -2.13. The summed E-state index contributed by atoms with van der Waals surface area (Å²) in [6, 6.07) is 2.92. The molecule has 152 valence electrons. The lowest BCUT2D eigenvalue weighted by molar-refractivity contribution is -0.134. The highest BCUT2D eigenvalue weighted by Gasteiger charge is 2.30. The van der Waals surface area contributed by atoms with E-state index in [2.05, 4.69) is 9.72 Å². The van der Waals surface area contributed by atoms with Gasteiger partial charge < -0.3 is 4.74 Å². The topological polar surface area (TPSA) is 73.3 Å².